The molecule has 0 bridgehead atoms. The van der Waals surface area contributed by atoms with Crippen molar-refractivity contribution in [2.45, 2.75) is 0 Å². The molecule has 0 heterocycles. The van der Waals surface area contributed by atoms with Crippen molar-refractivity contribution in [1.29, 1.82) is 5.26 Å². The molecule has 0 aliphatic carbocycles. The molecule has 14 heavy (non-hydrogen) atoms. The van der Waals surface area contributed by atoms with E-state index in [4.69, 9.17) is 14.9 Å². The molecule has 0 radical (unpaired) electrons. The van der Waals surface area contributed by atoms with Gasteiger partial charge in [-0.05, 0) is 23.2 Å². The Morgan fingerprint density at radius 3 is 2.71 bits per heavy atom. The third kappa shape index (κ3) is 1.65. The Hall–Kier alpha value is -2.07. The topological polar surface area (TPSA) is 23.8 Å². The summed E-state index contributed by atoms with van der Waals surface area (Å²) in [6, 6.07) is 1.61. The summed E-state index contributed by atoms with van der Waals surface area (Å²) in [6.45, 7) is 0. The average Bonchev–Trinajstić information content (AvgIpc) is 2.45. The molecule has 0 spiro atoms. The van der Waals surface area contributed by atoms with E-state index in [0.29, 0.717) is 0 Å². The van der Waals surface area contributed by atoms with Gasteiger partial charge in [-0.15, -0.1) is 0 Å². The van der Waals surface area contributed by atoms with Crippen molar-refractivity contribution < 1.29 is 9.60 Å². The number of rotatable bonds is 1. The van der Waals surface area contributed by atoms with Crippen molar-refractivity contribution in [3.05, 3.63) is 60.0 Å². The molecule has 0 aliphatic rings. The van der Waals surface area contributed by atoms with E-state index < -0.39 is 6.04 Å². The number of hydrogen-bond donors (Lipinski definition) is 0. The van der Waals surface area contributed by atoms with Crippen molar-refractivity contribution >= 4 is 0 Å². The Bertz CT molecular complexity index is 793. The second-order valence-corrected chi connectivity index (χ2v) is 2.52. The number of hydrogen-bond acceptors (Lipinski definition) is 1. The van der Waals surface area contributed by atoms with Crippen LogP contribution in [-0.2, 0) is 0 Å². The molecule has 0 unspecified atom stereocenters. The van der Waals surface area contributed by atoms with Gasteiger partial charge in [0.15, 0.2) is 0 Å². The largest absolute Gasteiger partial charge is 0.192 e. The summed E-state index contributed by atoms with van der Waals surface area (Å²) in [7, 11) is 0. The Morgan fingerprint density at radius 2 is 1.86 bits per heavy atom. The van der Waals surface area contributed by atoms with Crippen LogP contribution in [0.5, 0.6) is 0 Å². The minimum Gasteiger partial charge on any atom is -0.192 e. The van der Waals surface area contributed by atoms with Crippen molar-refractivity contribution in [2.75, 3.05) is 0 Å². The Morgan fingerprint density at radius 1 is 1.00 bits per heavy atom. The smallest absolute Gasteiger partial charge is 0.0991 e. The summed E-state index contributed by atoms with van der Waals surface area (Å²) in [4.78, 5) is 0. The molecule has 0 saturated carbocycles. The molecule has 66 valence electrons. The molecule has 0 N–H and O–H groups in total. The summed E-state index contributed by atoms with van der Waals surface area (Å²) in [6.07, 6.45) is 0. The van der Waals surface area contributed by atoms with Gasteiger partial charge < -0.3 is 0 Å². The highest BCUT2D eigenvalue weighted by Crippen LogP contribution is 2.19. The first kappa shape index (κ1) is 3.59. The standard InChI is InChI=1S/C13H9N/c14-10-11-5-4-8-13(9-11)12-6-2-1-3-7-12/h1-9H/i1D,2D,3D,4D,5D,6D,9D. The Labute approximate surface area is 93.1 Å². The predicted molar refractivity (Wildman–Crippen MR) is 56.6 cm³/mol. The monoisotopic (exact) mass is 186 g/mol. The van der Waals surface area contributed by atoms with Crippen LogP contribution in [0, 0.1) is 11.3 Å². The number of nitrogens with zero attached hydrogens (tertiary/aromatic N) is 1. The zero-order valence-corrected chi connectivity index (χ0v) is 7.10. The lowest BCUT2D eigenvalue weighted by Gasteiger charge is -2.00. The summed E-state index contributed by atoms with van der Waals surface area (Å²) < 4.78 is 53.8. The van der Waals surface area contributed by atoms with Gasteiger partial charge in [0.2, 0.25) is 0 Å². The van der Waals surface area contributed by atoms with Gasteiger partial charge in [0.1, 0.15) is 0 Å². The Kier molecular flexibility index (Phi) is 0.964. The van der Waals surface area contributed by atoms with Gasteiger partial charge >= 0.3 is 0 Å². The van der Waals surface area contributed by atoms with Crippen LogP contribution in [0.4, 0.5) is 0 Å². The highest BCUT2D eigenvalue weighted by Gasteiger charge is 1.96. The molecule has 2 aromatic rings. The maximum Gasteiger partial charge on any atom is 0.0991 e. The van der Waals surface area contributed by atoms with E-state index in [2.05, 4.69) is 0 Å². The average molecular weight is 186 g/mol. The first-order valence-electron chi connectivity index (χ1n) is 7.38. The van der Waals surface area contributed by atoms with Crippen molar-refractivity contribution in [1.82, 2.24) is 0 Å². The highest BCUT2D eigenvalue weighted by atomic mass is 14.2. The van der Waals surface area contributed by atoms with E-state index in [1.807, 2.05) is 0 Å². The molecule has 0 aromatic heterocycles. The SMILES string of the molecule is [2H]c1cc(-c2cc([2H])c([2H])c(C#N)c2[2H])c([2H])c([2H])c1[2H]. The fraction of sp³-hybridized carbons (Fsp3) is 0. The van der Waals surface area contributed by atoms with Crippen LogP contribution in [-0.4, -0.2) is 0 Å². The summed E-state index contributed by atoms with van der Waals surface area (Å²) >= 11 is 0. The summed E-state index contributed by atoms with van der Waals surface area (Å²) in [5, 5.41) is 8.99. The van der Waals surface area contributed by atoms with E-state index in [-0.39, 0.29) is 52.9 Å². The molecule has 0 aliphatic heterocycles. The maximum absolute atomic E-state index is 8.99. The second-order valence-electron chi connectivity index (χ2n) is 2.52. The highest BCUT2D eigenvalue weighted by molar-refractivity contribution is 5.64. The van der Waals surface area contributed by atoms with Gasteiger partial charge in [0, 0.05) is 0 Å². The first-order chi connectivity index (χ1) is 9.79. The van der Waals surface area contributed by atoms with E-state index in [1.54, 1.807) is 6.07 Å². The van der Waals surface area contributed by atoms with Gasteiger partial charge in [0.25, 0.3) is 0 Å². The third-order valence-corrected chi connectivity index (χ3v) is 1.62. The van der Waals surface area contributed by atoms with Crippen molar-refractivity contribution in [3.8, 4) is 17.2 Å². The molecule has 0 fully saturated rings. The number of nitriles is 1. The van der Waals surface area contributed by atoms with Crippen LogP contribution in [0.15, 0.2) is 54.4 Å². The third-order valence-electron chi connectivity index (χ3n) is 1.62. The van der Waals surface area contributed by atoms with Gasteiger partial charge in [-0.3, -0.25) is 0 Å². The predicted octanol–water partition coefficient (Wildman–Crippen LogP) is 3.23. The van der Waals surface area contributed by atoms with Crippen LogP contribution in [0.1, 0.15) is 15.2 Å². The lowest BCUT2D eigenvalue weighted by molar-refractivity contribution is 1.48. The molecule has 1 heteroatoms. The molecule has 1 nitrogen and oxygen atoms in total. The first-order valence-corrected chi connectivity index (χ1v) is 3.88. The molecule has 0 amide bonds. The van der Waals surface area contributed by atoms with Crippen LogP contribution < -0.4 is 0 Å². The van der Waals surface area contributed by atoms with Crippen LogP contribution in [0.2, 0.25) is 0 Å². The van der Waals surface area contributed by atoms with E-state index >= 15 is 0 Å². The zero-order chi connectivity index (χ0) is 15.9. The van der Waals surface area contributed by atoms with Gasteiger partial charge in [-0.1, -0.05) is 42.3 Å². The quantitative estimate of drug-likeness (QED) is 0.670. The van der Waals surface area contributed by atoms with Crippen molar-refractivity contribution in [3.63, 3.8) is 0 Å². The molecule has 0 atom stereocenters. The zero-order valence-electron chi connectivity index (χ0n) is 14.1. The van der Waals surface area contributed by atoms with Crippen LogP contribution in [0.3, 0.4) is 0 Å². The summed E-state index contributed by atoms with van der Waals surface area (Å²) in [5.41, 5.74) is -0.208. The lowest BCUT2D eigenvalue weighted by atomic mass is 10.0. The molecule has 2 rings (SSSR count). The minimum atomic E-state index is -0.447. The van der Waals surface area contributed by atoms with E-state index in [1.165, 1.54) is 12.1 Å². The van der Waals surface area contributed by atoms with Crippen LogP contribution >= 0.6 is 0 Å². The normalized spacial score (nSPS) is 16.4. The maximum atomic E-state index is 8.99. The van der Waals surface area contributed by atoms with Crippen molar-refractivity contribution in [2.24, 2.45) is 0 Å². The van der Waals surface area contributed by atoms with E-state index in [9.17, 15) is 0 Å². The van der Waals surface area contributed by atoms with Gasteiger partial charge in [-0.25, -0.2) is 0 Å². The molecular formula is C13H9N. The number of benzene rings is 2. The van der Waals surface area contributed by atoms with Gasteiger partial charge in [-0.2, -0.15) is 5.26 Å². The molecular weight excluding hydrogens is 170 g/mol. The molecule has 0 saturated heterocycles. The summed E-state index contributed by atoms with van der Waals surface area (Å²) in [5.74, 6) is 0. The van der Waals surface area contributed by atoms with Gasteiger partial charge in [0.05, 0.1) is 21.2 Å². The minimum absolute atomic E-state index is 0.0380. The Balaban J connectivity index is 2.87. The fourth-order valence-corrected chi connectivity index (χ4v) is 1.01. The lowest BCUT2D eigenvalue weighted by Crippen LogP contribution is -1.78. The molecule has 2 aromatic carbocycles. The second kappa shape index (κ2) is 3.76. The van der Waals surface area contributed by atoms with Crippen LogP contribution in [0.25, 0.3) is 11.1 Å². The van der Waals surface area contributed by atoms with E-state index in [0.717, 1.165) is 0 Å². The fourth-order valence-electron chi connectivity index (χ4n) is 1.01.